The molecule has 1 aliphatic carbocycles. The zero-order valence-corrected chi connectivity index (χ0v) is 21.3. The Bertz CT molecular complexity index is 1450. The molecule has 0 saturated carbocycles. The third kappa shape index (κ3) is 4.23. The highest BCUT2D eigenvalue weighted by Gasteiger charge is 2.38. The molecule has 0 spiro atoms. The number of Topliss-reactive ketones (excluding diaryl/α,β-unsaturated/α-hetero) is 1. The summed E-state index contributed by atoms with van der Waals surface area (Å²) in [6.07, 6.45) is 1.76. The van der Waals surface area contributed by atoms with Crippen LogP contribution in [0, 0.1) is 14.9 Å². The molecular weight excluding hydrogens is 555 g/mol. The predicted octanol–water partition coefficient (Wildman–Crippen LogP) is 5.85. The molecule has 176 valence electrons. The van der Waals surface area contributed by atoms with E-state index in [9.17, 15) is 10.1 Å². The van der Waals surface area contributed by atoms with Crippen molar-refractivity contribution in [1.29, 1.82) is 5.26 Å². The van der Waals surface area contributed by atoms with Crippen LogP contribution in [-0.2, 0) is 16.1 Å². The molecule has 1 aliphatic heterocycles. The number of hydrogen-bond donors (Lipinski definition) is 1. The summed E-state index contributed by atoms with van der Waals surface area (Å²) in [5.74, 6) is 1.15. The number of fused-ring (bicyclic) bond motifs is 1. The van der Waals surface area contributed by atoms with E-state index < -0.39 is 5.92 Å². The minimum atomic E-state index is -0.592. The second kappa shape index (κ2) is 9.62. The normalized spacial score (nSPS) is 17.6. The summed E-state index contributed by atoms with van der Waals surface area (Å²) in [4.78, 5) is 12.9. The maximum Gasteiger partial charge on any atom is 0.205 e. The first-order chi connectivity index (χ1) is 17.0. The molecule has 2 N–H and O–H groups in total. The molecule has 0 saturated heterocycles. The van der Waals surface area contributed by atoms with E-state index in [2.05, 4.69) is 46.9 Å². The van der Waals surface area contributed by atoms with Crippen LogP contribution in [0.25, 0.3) is 10.8 Å². The molecule has 0 fully saturated rings. The fourth-order valence-corrected chi connectivity index (χ4v) is 5.59. The minimum absolute atomic E-state index is 0.0123. The molecule has 3 aromatic rings. The number of nitriles is 1. The van der Waals surface area contributed by atoms with Crippen LogP contribution in [0.3, 0.4) is 0 Å². The number of ketones is 1. The molecule has 0 amide bonds. The van der Waals surface area contributed by atoms with Gasteiger partial charge in [-0.25, -0.2) is 0 Å². The maximum atomic E-state index is 12.9. The summed E-state index contributed by atoms with van der Waals surface area (Å²) in [5.41, 5.74) is 8.67. The average Bonchev–Trinajstić information content (AvgIpc) is 2.87. The molecule has 1 atom stereocenters. The summed E-state index contributed by atoms with van der Waals surface area (Å²) in [7, 11) is 1.58. The first-order valence-corrected chi connectivity index (χ1v) is 12.4. The van der Waals surface area contributed by atoms with Gasteiger partial charge in [0.25, 0.3) is 0 Å². The molecule has 35 heavy (non-hydrogen) atoms. The van der Waals surface area contributed by atoms with E-state index in [1.165, 1.54) is 0 Å². The van der Waals surface area contributed by atoms with Gasteiger partial charge in [-0.05, 0) is 63.0 Å². The molecular formula is C28H23IN2O4. The van der Waals surface area contributed by atoms with Crippen LogP contribution < -0.4 is 15.2 Å². The van der Waals surface area contributed by atoms with Gasteiger partial charge in [-0.15, -0.1) is 0 Å². The Balaban J connectivity index is 1.53. The molecule has 0 bridgehead atoms. The number of rotatable bonds is 5. The number of halogens is 1. The maximum absolute atomic E-state index is 12.9. The number of carbonyl (C=O) groups excluding carboxylic acids is 1. The molecule has 2 aliphatic rings. The second-order valence-electron chi connectivity index (χ2n) is 8.50. The monoisotopic (exact) mass is 578 g/mol. The van der Waals surface area contributed by atoms with Crippen molar-refractivity contribution >= 4 is 39.1 Å². The van der Waals surface area contributed by atoms with Crippen molar-refractivity contribution in [2.24, 2.45) is 5.73 Å². The van der Waals surface area contributed by atoms with Crippen molar-refractivity contribution in [1.82, 2.24) is 0 Å². The number of benzene rings is 3. The molecule has 6 nitrogen and oxygen atoms in total. The van der Waals surface area contributed by atoms with Gasteiger partial charge in [0.15, 0.2) is 17.3 Å². The van der Waals surface area contributed by atoms with Crippen molar-refractivity contribution in [3.05, 3.63) is 92.1 Å². The standard InChI is InChI=1S/C28H23IN2O4/c1-33-24-13-18(25-20(14-30)28(31)35-23-11-5-10-22(32)26(23)25)12-21(29)27(24)34-15-17-8-4-7-16-6-2-3-9-19(16)17/h2-4,6-9,12-13,25H,5,10-11,15,31H2,1H3/t25-/m1/s1. The van der Waals surface area contributed by atoms with Gasteiger partial charge in [0.05, 0.1) is 16.6 Å². The molecule has 3 aromatic carbocycles. The number of methoxy groups -OCH3 is 1. The van der Waals surface area contributed by atoms with Crippen molar-refractivity contribution in [2.45, 2.75) is 31.8 Å². The molecule has 0 unspecified atom stereocenters. The fraction of sp³-hybridized carbons (Fsp3) is 0.214. The topological polar surface area (TPSA) is 94.6 Å². The van der Waals surface area contributed by atoms with E-state index in [1.54, 1.807) is 7.11 Å². The van der Waals surface area contributed by atoms with Gasteiger partial charge in [0.2, 0.25) is 5.88 Å². The van der Waals surface area contributed by atoms with E-state index in [-0.39, 0.29) is 17.2 Å². The highest BCUT2D eigenvalue weighted by Crippen LogP contribution is 2.46. The van der Waals surface area contributed by atoms with Crippen LogP contribution >= 0.6 is 22.6 Å². The summed E-state index contributed by atoms with van der Waals surface area (Å²) in [6, 6.07) is 20.2. The molecule has 0 radical (unpaired) electrons. The summed E-state index contributed by atoms with van der Waals surface area (Å²) in [5, 5.41) is 12.1. The van der Waals surface area contributed by atoms with E-state index in [1.807, 2.05) is 36.4 Å². The van der Waals surface area contributed by atoms with Gasteiger partial charge < -0.3 is 19.9 Å². The minimum Gasteiger partial charge on any atom is -0.493 e. The largest absolute Gasteiger partial charge is 0.493 e. The second-order valence-corrected chi connectivity index (χ2v) is 9.66. The lowest BCUT2D eigenvalue weighted by Crippen LogP contribution is -2.27. The van der Waals surface area contributed by atoms with Crippen LogP contribution in [0.2, 0.25) is 0 Å². The van der Waals surface area contributed by atoms with Gasteiger partial charge in [-0.3, -0.25) is 4.79 Å². The van der Waals surface area contributed by atoms with E-state index >= 15 is 0 Å². The smallest absolute Gasteiger partial charge is 0.205 e. The Hall–Kier alpha value is -3.51. The quantitative estimate of drug-likeness (QED) is 0.382. The Morgan fingerprint density at radius 3 is 2.77 bits per heavy atom. The van der Waals surface area contributed by atoms with Gasteiger partial charge in [0.1, 0.15) is 24.0 Å². The highest BCUT2D eigenvalue weighted by atomic mass is 127. The number of allylic oxidation sites excluding steroid dienone is 3. The Kier molecular flexibility index (Phi) is 6.39. The van der Waals surface area contributed by atoms with E-state index in [0.717, 1.165) is 25.5 Å². The lowest BCUT2D eigenvalue weighted by atomic mass is 9.77. The van der Waals surface area contributed by atoms with Crippen molar-refractivity contribution in [3.8, 4) is 17.6 Å². The van der Waals surface area contributed by atoms with Crippen molar-refractivity contribution in [2.75, 3.05) is 7.11 Å². The highest BCUT2D eigenvalue weighted by molar-refractivity contribution is 14.1. The summed E-state index contributed by atoms with van der Waals surface area (Å²) in [6.45, 7) is 0.369. The number of nitrogens with zero attached hydrogens (tertiary/aromatic N) is 1. The van der Waals surface area contributed by atoms with E-state index in [4.69, 9.17) is 19.9 Å². The number of carbonyl (C=O) groups is 1. The molecule has 1 heterocycles. The first kappa shape index (κ1) is 23.2. The van der Waals surface area contributed by atoms with Crippen LogP contribution in [-0.4, -0.2) is 12.9 Å². The Labute approximate surface area is 217 Å². The number of ether oxygens (including phenoxy) is 3. The average molecular weight is 578 g/mol. The van der Waals surface area contributed by atoms with Crippen molar-refractivity contribution < 1.29 is 19.0 Å². The molecule has 0 aromatic heterocycles. The van der Waals surface area contributed by atoms with Gasteiger partial charge in [-0.2, -0.15) is 5.26 Å². The third-order valence-corrected chi connectivity index (χ3v) is 7.24. The zero-order chi connectivity index (χ0) is 24.5. The van der Waals surface area contributed by atoms with Crippen LogP contribution in [0.4, 0.5) is 0 Å². The fourth-order valence-electron chi connectivity index (χ4n) is 4.80. The van der Waals surface area contributed by atoms with Crippen molar-refractivity contribution in [3.63, 3.8) is 0 Å². The van der Waals surface area contributed by atoms with E-state index in [0.29, 0.717) is 48.7 Å². The first-order valence-electron chi connectivity index (χ1n) is 11.3. The van der Waals surface area contributed by atoms with Gasteiger partial charge >= 0.3 is 0 Å². The van der Waals surface area contributed by atoms with Crippen LogP contribution in [0.15, 0.2) is 77.4 Å². The SMILES string of the molecule is COc1cc([C@@H]2C(C#N)=C(N)OC3=C2C(=O)CCC3)cc(I)c1OCc1cccc2ccccc12. The summed E-state index contributed by atoms with van der Waals surface area (Å²) >= 11 is 2.20. The molecule has 5 rings (SSSR count). The van der Waals surface area contributed by atoms with Gasteiger partial charge in [0, 0.05) is 18.4 Å². The number of hydrogen-bond acceptors (Lipinski definition) is 6. The van der Waals surface area contributed by atoms with Crippen LogP contribution in [0.1, 0.15) is 36.3 Å². The lowest BCUT2D eigenvalue weighted by molar-refractivity contribution is -0.116. The van der Waals surface area contributed by atoms with Crippen LogP contribution in [0.5, 0.6) is 11.5 Å². The lowest BCUT2D eigenvalue weighted by Gasteiger charge is -2.31. The zero-order valence-electron chi connectivity index (χ0n) is 19.1. The predicted molar refractivity (Wildman–Crippen MR) is 141 cm³/mol. The number of nitrogens with two attached hydrogens (primary N) is 1. The molecule has 7 heteroatoms. The Morgan fingerprint density at radius 1 is 1.17 bits per heavy atom. The Morgan fingerprint density at radius 2 is 1.97 bits per heavy atom. The summed E-state index contributed by atoms with van der Waals surface area (Å²) < 4.78 is 18.5. The third-order valence-electron chi connectivity index (χ3n) is 6.44. The van der Waals surface area contributed by atoms with Gasteiger partial charge in [-0.1, -0.05) is 42.5 Å².